The summed E-state index contributed by atoms with van der Waals surface area (Å²) in [6.07, 6.45) is 0.666. The van der Waals surface area contributed by atoms with Crippen molar-refractivity contribution < 1.29 is 4.74 Å². The molecule has 0 amide bonds. The van der Waals surface area contributed by atoms with E-state index in [0.29, 0.717) is 33.9 Å². The number of nitrogens with one attached hydrogen (secondary N) is 1. The van der Waals surface area contributed by atoms with Crippen LogP contribution in [0.15, 0.2) is 9.27 Å². The minimum Gasteiger partial charge on any atom is -0.481 e. The van der Waals surface area contributed by atoms with E-state index < -0.39 is 0 Å². The molecule has 6 nitrogen and oxygen atoms in total. The summed E-state index contributed by atoms with van der Waals surface area (Å²) in [5, 5.41) is 4.28. The van der Waals surface area contributed by atoms with E-state index in [0.717, 1.165) is 5.69 Å². The van der Waals surface area contributed by atoms with Crippen LogP contribution in [-0.4, -0.2) is 26.9 Å². The Labute approximate surface area is 119 Å². The maximum atomic E-state index is 11.9. The number of methoxy groups -OCH3 is 1. The van der Waals surface area contributed by atoms with Gasteiger partial charge >= 0.3 is 0 Å². The number of rotatable bonds is 3. The molecule has 2 heterocycles. The van der Waals surface area contributed by atoms with Gasteiger partial charge in [-0.05, 0) is 29.3 Å². The lowest BCUT2D eigenvalue weighted by Crippen LogP contribution is -2.13. The molecule has 0 saturated heterocycles. The molecule has 2 aromatic heterocycles. The molecule has 0 unspecified atom stereocenters. The highest BCUT2D eigenvalue weighted by molar-refractivity contribution is 9.10. The monoisotopic (exact) mass is 326 g/mol. The first-order valence-corrected chi connectivity index (χ1v) is 6.65. The van der Waals surface area contributed by atoms with Crippen LogP contribution in [-0.2, 0) is 13.5 Å². The van der Waals surface area contributed by atoms with E-state index in [1.165, 1.54) is 0 Å². The zero-order chi connectivity index (χ0) is 14.2. The molecule has 19 heavy (non-hydrogen) atoms. The molecule has 2 rings (SSSR count). The number of hydrogen-bond donors (Lipinski definition) is 1. The quantitative estimate of drug-likeness (QED) is 0.933. The topological polar surface area (TPSA) is 72.8 Å². The van der Waals surface area contributed by atoms with Crippen molar-refractivity contribution in [3.05, 3.63) is 26.2 Å². The predicted molar refractivity (Wildman–Crippen MR) is 75.4 cm³/mol. The van der Waals surface area contributed by atoms with Gasteiger partial charge in [-0.2, -0.15) is 5.10 Å². The van der Waals surface area contributed by atoms with Crippen LogP contribution < -0.4 is 10.3 Å². The third-order valence-electron chi connectivity index (χ3n) is 2.87. The fraction of sp³-hybridized carbons (Fsp3) is 0.417. The van der Waals surface area contributed by atoms with Crippen molar-refractivity contribution in [2.24, 2.45) is 7.05 Å². The molecule has 0 fully saturated rings. The van der Waals surface area contributed by atoms with Gasteiger partial charge < -0.3 is 9.72 Å². The fourth-order valence-corrected chi connectivity index (χ4v) is 2.47. The Kier molecular flexibility index (Phi) is 3.75. The SMILES string of the molecule is CCc1nc(-c2c(C)nn(C)c2OC)[nH]c(=O)c1Br. The molecule has 0 radical (unpaired) electrons. The first kappa shape index (κ1) is 13.8. The molecule has 7 heteroatoms. The standard InChI is InChI=1S/C12H15BrN4O2/c1-5-7-9(13)11(18)15-10(14-7)8-6(2)16-17(3)12(8)19-4/h5H2,1-4H3,(H,14,15,18). The van der Waals surface area contributed by atoms with Crippen molar-refractivity contribution >= 4 is 15.9 Å². The highest BCUT2D eigenvalue weighted by atomic mass is 79.9. The van der Waals surface area contributed by atoms with Gasteiger partial charge in [0.05, 0.1) is 18.5 Å². The Bertz CT molecular complexity index is 675. The maximum Gasteiger partial charge on any atom is 0.265 e. The van der Waals surface area contributed by atoms with Gasteiger partial charge in [0, 0.05) is 7.05 Å². The van der Waals surface area contributed by atoms with Crippen LogP contribution in [0.5, 0.6) is 5.88 Å². The summed E-state index contributed by atoms with van der Waals surface area (Å²) in [6.45, 7) is 3.80. The Morgan fingerprint density at radius 2 is 2.16 bits per heavy atom. The first-order chi connectivity index (χ1) is 8.99. The van der Waals surface area contributed by atoms with Gasteiger partial charge in [0.15, 0.2) is 0 Å². The third-order valence-corrected chi connectivity index (χ3v) is 3.68. The van der Waals surface area contributed by atoms with E-state index in [9.17, 15) is 4.79 Å². The predicted octanol–water partition coefficient (Wildman–Crippen LogP) is 1.81. The Balaban J connectivity index is 2.72. The van der Waals surface area contributed by atoms with Gasteiger partial charge in [-0.3, -0.25) is 4.79 Å². The number of aryl methyl sites for hydroxylation is 3. The molecule has 1 N–H and O–H groups in total. The first-order valence-electron chi connectivity index (χ1n) is 5.86. The van der Waals surface area contributed by atoms with Gasteiger partial charge in [0.1, 0.15) is 15.9 Å². The van der Waals surface area contributed by atoms with Gasteiger partial charge in [-0.1, -0.05) is 6.92 Å². The maximum absolute atomic E-state index is 11.9. The fourth-order valence-electron chi connectivity index (χ4n) is 2.00. The summed E-state index contributed by atoms with van der Waals surface area (Å²) < 4.78 is 7.42. The van der Waals surface area contributed by atoms with Crippen LogP contribution in [0.25, 0.3) is 11.4 Å². The third kappa shape index (κ3) is 2.30. The second-order valence-electron chi connectivity index (χ2n) is 4.12. The average molecular weight is 327 g/mol. The zero-order valence-electron chi connectivity index (χ0n) is 11.2. The molecule has 0 aliphatic rings. The average Bonchev–Trinajstić information content (AvgIpc) is 2.66. The summed E-state index contributed by atoms with van der Waals surface area (Å²) >= 11 is 3.25. The lowest BCUT2D eigenvalue weighted by atomic mass is 10.2. The summed E-state index contributed by atoms with van der Waals surface area (Å²) in [5.74, 6) is 1.05. The van der Waals surface area contributed by atoms with E-state index in [-0.39, 0.29) is 5.56 Å². The Hall–Kier alpha value is -1.63. The zero-order valence-corrected chi connectivity index (χ0v) is 12.8. The van der Waals surface area contributed by atoms with E-state index in [4.69, 9.17) is 4.74 Å². The van der Waals surface area contributed by atoms with Crippen molar-refractivity contribution in [3.8, 4) is 17.3 Å². The molecule has 0 bridgehead atoms. The molecular formula is C12H15BrN4O2. The van der Waals surface area contributed by atoms with Crippen molar-refractivity contribution in [3.63, 3.8) is 0 Å². The Morgan fingerprint density at radius 3 is 2.74 bits per heavy atom. The minimum atomic E-state index is -0.202. The number of ether oxygens (including phenoxy) is 1. The van der Waals surface area contributed by atoms with E-state index in [2.05, 4.69) is 31.0 Å². The van der Waals surface area contributed by atoms with Gasteiger partial charge in [-0.25, -0.2) is 9.67 Å². The van der Waals surface area contributed by atoms with Gasteiger partial charge in [0.25, 0.3) is 5.56 Å². The molecule has 2 aromatic rings. The highest BCUT2D eigenvalue weighted by Gasteiger charge is 2.19. The smallest absolute Gasteiger partial charge is 0.265 e. The molecule has 0 spiro atoms. The summed E-state index contributed by atoms with van der Waals surface area (Å²) in [4.78, 5) is 19.1. The van der Waals surface area contributed by atoms with E-state index >= 15 is 0 Å². The summed E-state index contributed by atoms with van der Waals surface area (Å²) in [5.41, 5.74) is 1.98. The number of aromatic nitrogens is 4. The second kappa shape index (κ2) is 5.16. The minimum absolute atomic E-state index is 0.202. The van der Waals surface area contributed by atoms with Crippen molar-refractivity contribution in [1.29, 1.82) is 0 Å². The molecule has 102 valence electrons. The molecule has 0 aromatic carbocycles. The van der Waals surface area contributed by atoms with Crippen molar-refractivity contribution in [2.75, 3.05) is 7.11 Å². The number of nitrogens with zero attached hydrogens (tertiary/aromatic N) is 3. The van der Waals surface area contributed by atoms with Crippen LogP contribution in [0.1, 0.15) is 18.3 Å². The number of hydrogen-bond acceptors (Lipinski definition) is 4. The Morgan fingerprint density at radius 1 is 1.47 bits per heavy atom. The molecule has 0 saturated carbocycles. The highest BCUT2D eigenvalue weighted by Crippen LogP contribution is 2.30. The largest absolute Gasteiger partial charge is 0.481 e. The van der Waals surface area contributed by atoms with Gasteiger partial charge in [-0.15, -0.1) is 0 Å². The van der Waals surface area contributed by atoms with Crippen LogP contribution in [0.2, 0.25) is 0 Å². The van der Waals surface area contributed by atoms with Crippen LogP contribution in [0, 0.1) is 6.92 Å². The molecule has 0 atom stereocenters. The van der Waals surface area contributed by atoms with Crippen LogP contribution in [0.4, 0.5) is 0 Å². The lowest BCUT2D eigenvalue weighted by Gasteiger charge is -2.07. The summed E-state index contributed by atoms with van der Waals surface area (Å²) in [6, 6.07) is 0. The van der Waals surface area contributed by atoms with Crippen molar-refractivity contribution in [1.82, 2.24) is 19.7 Å². The number of H-pyrrole nitrogens is 1. The van der Waals surface area contributed by atoms with E-state index in [1.54, 1.807) is 18.8 Å². The lowest BCUT2D eigenvalue weighted by molar-refractivity contribution is 0.374. The van der Waals surface area contributed by atoms with E-state index in [1.807, 2.05) is 13.8 Å². The van der Waals surface area contributed by atoms with Gasteiger partial charge in [0.2, 0.25) is 5.88 Å². The normalized spacial score (nSPS) is 10.8. The second-order valence-corrected chi connectivity index (χ2v) is 4.92. The number of halogens is 1. The number of aromatic amines is 1. The molecule has 0 aliphatic carbocycles. The molecule has 0 aliphatic heterocycles. The summed E-state index contributed by atoms with van der Waals surface area (Å²) in [7, 11) is 3.35. The molecular weight excluding hydrogens is 312 g/mol. The van der Waals surface area contributed by atoms with Crippen LogP contribution in [0.3, 0.4) is 0 Å². The van der Waals surface area contributed by atoms with Crippen LogP contribution >= 0.6 is 15.9 Å². The van der Waals surface area contributed by atoms with Crippen molar-refractivity contribution in [2.45, 2.75) is 20.3 Å².